The van der Waals surface area contributed by atoms with Gasteiger partial charge in [-0.25, -0.2) is 8.42 Å². The summed E-state index contributed by atoms with van der Waals surface area (Å²) >= 11 is 7.05. The van der Waals surface area contributed by atoms with E-state index in [1.165, 1.54) is 29.8 Å². The van der Waals surface area contributed by atoms with Crippen molar-refractivity contribution in [1.82, 2.24) is 25.5 Å². The summed E-state index contributed by atoms with van der Waals surface area (Å²) in [6.07, 6.45) is 1.19. The van der Waals surface area contributed by atoms with Crippen LogP contribution in [0.15, 0.2) is 123 Å². The molecule has 4 N–H and O–H groups in total. The van der Waals surface area contributed by atoms with E-state index in [4.69, 9.17) is 11.6 Å². The maximum Gasteiger partial charge on any atom is 0.242 e. The van der Waals surface area contributed by atoms with E-state index in [1.807, 2.05) is 30.3 Å². The van der Waals surface area contributed by atoms with E-state index in [1.54, 1.807) is 43.3 Å². The Bertz CT molecular complexity index is 1910. The van der Waals surface area contributed by atoms with Gasteiger partial charge in [-0.2, -0.15) is 4.68 Å². The zero-order valence-electron chi connectivity index (χ0n) is 23.5. The Kier molecular flexibility index (Phi) is 9.09. The molecule has 0 fully saturated rings. The lowest BCUT2D eigenvalue weighted by Gasteiger charge is -2.22. The maximum absolute atomic E-state index is 13.4. The zero-order valence-corrected chi connectivity index (χ0v) is 25.9. The van der Waals surface area contributed by atoms with Crippen LogP contribution in [0.25, 0.3) is 5.69 Å². The highest BCUT2D eigenvalue weighted by Crippen LogP contribution is 2.38. The fourth-order valence-corrected chi connectivity index (χ4v) is 6.71. The molecule has 1 heterocycles. The van der Waals surface area contributed by atoms with Gasteiger partial charge < -0.3 is 20.8 Å². The number of aliphatic hydroxyl groups excluding tert-OH is 2. The predicted molar refractivity (Wildman–Crippen MR) is 168 cm³/mol. The highest BCUT2D eigenvalue weighted by molar-refractivity contribution is 8.03. The summed E-state index contributed by atoms with van der Waals surface area (Å²) in [5.41, 5.74) is 2.20. The van der Waals surface area contributed by atoms with Gasteiger partial charge in [-0.3, -0.25) is 4.79 Å². The molecule has 4 aromatic rings. The lowest BCUT2D eigenvalue weighted by molar-refractivity contribution is -0.119. The highest BCUT2D eigenvalue weighted by atomic mass is 35.5. The molecule has 0 bridgehead atoms. The molecule has 11 nitrogen and oxygen atoms in total. The van der Waals surface area contributed by atoms with Crippen LogP contribution in [0.5, 0.6) is 0 Å². The minimum atomic E-state index is -4.03. The number of sulfone groups is 1. The van der Waals surface area contributed by atoms with Crippen molar-refractivity contribution in [3.8, 4) is 5.69 Å². The Morgan fingerprint density at radius 1 is 1.05 bits per heavy atom. The minimum absolute atomic E-state index is 0.0243. The molecule has 0 radical (unpaired) electrons. The number of amides is 1. The van der Waals surface area contributed by atoms with Gasteiger partial charge in [-0.05, 0) is 90.1 Å². The van der Waals surface area contributed by atoms with E-state index in [0.717, 1.165) is 17.3 Å². The van der Waals surface area contributed by atoms with Gasteiger partial charge in [-0.15, -0.1) is 5.10 Å². The summed E-state index contributed by atoms with van der Waals surface area (Å²) in [6.45, 7) is 3.06. The van der Waals surface area contributed by atoms with Crippen LogP contribution in [0.2, 0.25) is 5.02 Å². The topological polar surface area (TPSA) is 159 Å². The number of para-hydroxylation sites is 1. The van der Waals surface area contributed by atoms with Crippen molar-refractivity contribution < 1.29 is 23.4 Å². The van der Waals surface area contributed by atoms with Gasteiger partial charge in [0.25, 0.3) is 0 Å². The molecule has 44 heavy (non-hydrogen) atoms. The van der Waals surface area contributed by atoms with Crippen LogP contribution < -0.4 is 10.6 Å². The molecule has 14 heteroatoms. The number of nitrogens with one attached hydrogen (secondary N) is 2. The summed E-state index contributed by atoms with van der Waals surface area (Å²) in [5.74, 6) is -1.47. The third-order valence-electron chi connectivity index (χ3n) is 6.69. The second kappa shape index (κ2) is 13.0. The number of thioether (sulfide) groups is 1. The van der Waals surface area contributed by atoms with Crippen LogP contribution in [0.4, 0.5) is 5.69 Å². The predicted octanol–water partition coefficient (Wildman–Crippen LogP) is 5.63. The second-order valence-electron chi connectivity index (χ2n) is 9.81. The standard InChI is InChI=1S/C30H27ClN6O5S2/c1-18-7-6-10-23(15-18)44(41,42)19(2)28(39)33-25-17-26(38)24(29(40)32-21-13-11-20(31)12-14-21)16-27(25)43-30-34-35-36-37(30)22-8-4-3-5-9-22/h3-15,17,19,32,38,40H,16H2,1-2H3,(H,33,39). The first-order valence-electron chi connectivity index (χ1n) is 13.2. The van der Waals surface area contributed by atoms with Gasteiger partial charge >= 0.3 is 0 Å². The second-order valence-corrected chi connectivity index (χ2v) is 13.6. The molecular weight excluding hydrogens is 624 g/mol. The quantitative estimate of drug-likeness (QED) is 0.167. The Morgan fingerprint density at radius 2 is 1.77 bits per heavy atom. The number of halogens is 1. The van der Waals surface area contributed by atoms with Crippen molar-refractivity contribution in [2.75, 3.05) is 5.32 Å². The number of rotatable bonds is 9. The zero-order chi connectivity index (χ0) is 31.4. The van der Waals surface area contributed by atoms with Crippen molar-refractivity contribution >= 4 is 44.8 Å². The van der Waals surface area contributed by atoms with Crippen molar-refractivity contribution in [3.63, 3.8) is 0 Å². The Labute approximate surface area is 262 Å². The van der Waals surface area contributed by atoms with Gasteiger partial charge in [0, 0.05) is 28.1 Å². The lowest BCUT2D eigenvalue weighted by Crippen LogP contribution is -2.38. The van der Waals surface area contributed by atoms with Crippen LogP contribution in [-0.4, -0.2) is 50.0 Å². The monoisotopic (exact) mass is 650 g/mol. The Balaban J connectivity index is 1.49. The maximum atomic E-state index is 13.4. The van der Waals surface area contributed by atoms with E-state index in [0.29, 0.717) is 26.5 Å². The fourth-order valence-electron chi connectivity index (χ4n) is 4.25. The Hall–Kier alpha value is -4.59. The van der Waals surface area contributed by atoms with Crippen LogP contribution in [0.1, 0.15) is 18.9 Å². The molecule has 0 aliphatic heterocycles. The third kappa shape index (κ3) is 6.80. The van der Waals surface area contributed by atoms with Crippen molar-refractivity contribution in [2.45, 2.75) is 35.6 Å². The summed E-state index contributed by atoms with van der Waals surface area (Å²) in [4.78, 5) is 13.8. The summed E-state index contributed by atoms with van der Waals surface area (Å²) in [5, 5.41) is 38.8. The number of anilines is 1. The first kappa shape index (κ1) is 30.9. The highest BCUT2D eigenvalue weighted by Gasteiger charge is 2.32. The average Bonchev–Trinajstić information content (AvgIpc) is 3.47. The summed E-state index contributed by atoms with van der Waals surface area (Å²) in [6, 6.07) is 22.1. The number of tetrazole rings is 1. The summed E-state index contributed by atoms with van der Waals surface area (Å²) < 4.78 is 28.0. The molecule has 0 spiro atoms. The molecule has 3 aromatic carbocycles. The number of aryl methyl sites for hydroxylation is 1. The van der Waals surface area contributed by atoms with Crippen molar-refractivity contribution in [3.05, 3.63) is 123 Å². The number of aromatic nitrogens is 4. The van der Waals surface area contributed by atoms with Crippen LogP contribution in [-0.2, 0) is 14.6 Å². The SMILES string of the molecule is Cc1cccc(S(=O)(=O)C(C)C(=O)NC2=C(Sc3nnnn3-c3ccccc3)CC(=C(O)Nc3ccc(Cl)cc3)C(O)=C2)c1. The van der Waals surface area contributed by atoms with Crippen molar-refractivity contribution in [2.24, 2.45) is 0 Å². The fraction of sp³-hybridized carbons (Fsp3) is 0.133. The number of aliphatic hydroxyl groups is 2. The van der Waals surface area contributed by atoms with E-state index in [9.17, 15) is 23.4 Å². The molecule has 1 unspecified atom stereocenters. The Morgan fingerprint density at radius 3 is 2.48 bits per heavy atom. The first-order chi connectivity index (χ1) is 21.0. The first-order valence-corrected chi connectivity index (χ1v) is 16.0. The number of carbonyl (C=O) groups is 1. The molecule has 226 valence electrons. The number of hydrogen-bond acceptors (Lipinski definition) is 10. The van der Waals surface area contributed by atoms with Gasteiger partial charge in [0.05, 0.1) is 21.9 Å². The van der Waals surface area contributed by atoms with Gasteiger partial charge in [0.2, 0.25) is 11.1 Å². The van der Waals surface area contributed by atoms with Gasteiger partial charge in [0.1, 0.15) is 11.0 Å². The van der Waals surface area contributed by atoms with Crippen LogP contribution >= 0.6 is 23.4 Å². The van der Waals surface area contributed by atoms with E-state index >= 15 is 0 Å². The van der Waals surface area contributed by atoms with E-state index < -0.39 is 21.0 Å². The smallest absolute Gasteiger partial charge is 0.242 e. The molecule has 1 aliphatic rings. The molecule has 5 rings (SSSR count). The summed E-state index contributed by atoms with van der Waals surface area (Å²) in [7, 11) is -4.03. The molecule has 1 aliphatic carbocycles. The molecule has 1 amide bonds. The molecule has 1 atom stereocenters. The number of nitrogens with zero attached hydrogens (tertiary/aromatic N) is 4. The molecule has 0 saturated carbocycles. The van der Waals surface area contributed by atoms with E-state index in [-0.39, 0.29) is 34.2 Å². The number of hydrogen-bond donors (Lipinski definition) is 4. The average molecular weight is 651 g/mol. The van der Waals surface area contributed by atoms with Gasteiger partial charge in [0.15, 0.2) is 15.7 Å². The van der Waals surface area contributed by atoms with Gasteiger partial charge in [-0.1, -0.05) is 41.9 Å². The number of carbonyl (C=O) groups excluding carboxylic acids is 1. The van der Waals surface area contributed by atoms with Crippen molar-refractivity contribution in [1.29, 1.82) is 0 Å². The van der Waals surface area contributed by atoms with Crippen LogP contribution in [0.3, 0.4) is 0 Å². The van der Waals surface area contributed by atoms with Crippen LogP contribution in [0, 0.1) is 6.92 Å². The third-order valence-corrected chi connectivity index (χ3v) is 10.0. The largest absolute Gasteiger partial charge is 0.507 e. The normalized spacial score (nSPS) is 15.4. The molecular formula is C30H27ClN6O5S2. The lowest BCUT2D eigenvalue weighted by atomic mass is 10.0. The minimum Gasteiger partial charge on any atom is -0.507 e. The number of benzene rings is 3. The number of allylic oxidation sites excluding steroid dienone is 3. The molecule has 1 aromatic heterocycles. The molecule has 0 saturated heterocycles. The van der Waals surface area contributed by atoms with E-state index in [2.05, 4.69) is 26.2 Å².